The van der Waals surface area contributed by atoms with E-state index < -0.39 is 23.5 Å². The molecule has 0 unspecified atom stereocenters. The first-order chi connectivity index (χ1) is 11.9. The summed E-state index contributed by atoms with van der Waals surface area (Å²) >= 11 is 0. The number of rotatable bonds is 7. The maximum atomic E-state index is 12.3. The zero-order valence-corrected chi connectivity index (χ0v) is 14.0. The van der Waals surface area contributed by atoms with Crippen LogP contribution in [0.5, 0.6) is 5.75 Å². The molecule has 1 amide bonds. The normalized spacial score (nSPS) is 11.8. The minimum Gasteiger partial charge on any atom is -0.508 e. The van der Waals surface area contributed by atoms with E-state index in [1.165, 1.54) is 17.0 Å². The molecule has 9 nitrogen and oxygen atoms in total. The Kier molecular flexibility index (Phi) is 5.93. The number of imidazole rings is 1. The van der Waals surface area contributed by atoms with Gasteiger partial charge in [-0.25, -0.2) is 9.78 Å². The van der Waals surface area contributed by atoms with Crippen LogP contribution in [0, 0.1) is 6.92 Å². The number of aromatic amines is 1. The lowest BCUT2D eigenvalue weighted by atomic mass is 10.1. The summed E-state index contributed by atoms with van der Waals surface area (Å²) in [6.07, 6.45) is 3.21. The number of carbonyl (C=O) groups excluding carboxylic acids is 2. The van der Waals surface area contributed by atoms with Crippen molar-refractivity contribution >= 4 is 11.9 Å². The van der Waals surface area contributed by atoms with Crippen LogP contribution in [0.4, 0.5) is 0 Å². The molecule has 0 radical (unpaired) electrons. The predicted molar refractivity (Wildman–Crippen MR) is 88.0 cm³/mol. The van der Waals surface area contributed by atoms with Gasteiger partial charge in [0.15, 0.2) is 0 Å². The van der Waals surface area contributed by atoms with Crippen molar-refractivity contribution < 1.29 is 19.4 Å². The molecule has 2 heterocycles. The van der Waals surface area contributed by atoms with E-state index in [1.807, 2.05) is 0 Å². The van der Waals surface area contributed by atoms with Crippen LogP contribution in [-0.2, 0) is 27.3 Å². The van der Waals surface area contributed by atoms with Crippen molar-refractivity contribution in [3.63, 3.8) is 0 Å². The number of aromatic hydroxyl groups is 1. The van der Waals surface area contributed by atoms with E-state index in [2.05, 4.69) is 15.3 Å². The third-order valence-corrected chi connectivity index (χ3v) is 3.51. The summed E-state index contributed by atoms with van der Waals surface area (Å²) < 4.78 is 6.18. The van der Waals surface area contributed by atoms with Crippen molar-refractivity contribution in [1.29, 1.82) is 0 Å². The Labute approximate surface area is 143 Å². The number of esters is 1. The van der Waals surface area contributed by atoms with Crippen LogP contribution in [0.15, 0.2) is 29.5 Å². The van der Waals surface area contributed by atoms with Gasteiger partial charge >= 0.3 is 5.97 Å². The molecular weight excluding hydrogens is 328 g/mol. The van der Waals surface area contributed by atoms with Gasteiger partial charge in [-0.1, -0.05) is 0 Å². The van der Waals surface area contributed by atoms with Gasteiger partial charge in [-0.2, -0.15) is 0 Å². The topological polar surface area (TPSA) is 126 Å². The molecule has 0 saturated carbocycles. The second kappa shape index (κ2) is 8.13. The number of amides is 1. The molecule has 134 valence electrons. The van der Waals surface area contributed by atoms with Crippen molar-refractivity contribution in [2.45, 2.75) is 32.9 Å². The number of hydrogen-bond acceptors (Lipinski definition) is 6. The summed E-state index contributed by atoms with van der Waals surface area (Å²) in [4.78, 5) is 43.0. The fourth-order valence-corrected chi connectivity index (χ4v) is 2.35. The van der Waals surface area contributed by atoms with E-state index in [1.54, 1.807) is 20.0 Å². The van der Waals surface area contributed by atoms with E-state index in [-0.39, 0.29) is 25.3 Å². The molecule has 0 aliphatic carbocycles. The third kappa shape index (κ3) is 4.93. The first kappa shape index (κ1) is 18.2. The summed E-state index contributed by atoms with van der Waals surface area (Å²) in [5, 5.41) is 12.0. The fraction of sp³-hybridized carbons (Fsp3) is 0.375. The number of H-pyrrole nitrogens is 1. The predicted octanol–water partition coefficient (Wildman–Crippen LogP) is -0.124. The van der Waals surface area contributed by atoms with Crippen LogP contribution in [0.25, 0.3) is 0 Å². The van der Waals surface area contributed by atoms with Crippen LogP contribution in [0.3, 0.4) is 0 Å². The molecule has 0 aliphatic heterocycles. The molecule has 2 rings (SSSR count). The van der Waals surface area contributed by atoms with Crippen molar-refractivity contribution in [2.75, 3.05) is 6.61 Å². The van der Waals surface area contributed by atoms with Crippen molar-refractivity contribution in [2.24, 2.45) is 0 Å². The Hall–Kier alpha value is -3.10. The molecule has 1 atom stereocenters. The summed E-state index contributed by atoms with van der Waals surface area (Å²) in [5.41, 5.74) is 0.589. The summed E-state index contributed by atoms with van der Waals surface area (Å²) in [6, 6.07) is 1.50. The molecule has 0 spiro atoms. The van der Waals surface area contributed by atoms with Gasteiger partial charge in [-0.05, 0) is 19.9 Å². The van der Waals surface area contributed by atoms with E-state index in [0.717, 1.165) is 6.07 Å². The number of pyridine rings is 1. The monoisotopic (exact) mass is 348 g/mol. The number of nitrogens with zero attached hydrogens (tertiary/aromatic N) is 2. The average molecular weight is 348 g/mol. The summed E-state index contributed by atoms with van der Waals surface area (Å²) in [6.45, 7) is 3.18. The Morgan fingerprint density at radius 2 is 2.20 bits per heavy atom. The minimum atomic E-state index is -0.902. The van der Waals surface area contributed by atoms with Gasteiger partial charge in [0.1, 0.15) is 18.3 Å². The maximum Gasteiger partial charge on any atom is 0.329 e. The van der Waals surface area contributed by atoms with Gasteiger partial charge < -0.3 is 24.7 Å². The molecule has 2 aromatic rings. The van der Waals surface area contributed by atoms with Crippen LogP contribution in [0.1, 0.15) is 18.3 Å². The molecule has 0 aliphatic rings. The van der Waals surface area contributed by atoms with Crippen LogP contribution < -0.4 is 10.9 Å². The Morgan fingerprint density at radius 3 is 2.80 bits per heavy atom. The van der Waals surface area contributed by atoms with Gasteiger partial charge in [-0.15, -0.1) is 0 Å². The Bertz CT molecular complexity index is 797. The zero-order valence-electron chi connectivity index (χ0n) is 14.0. The number of nitrogens with one attached hydrogen (secondary N) is 2. The summed E-state index contributed by atoms with van der Waals surface area (Å²) in [7, 11) is 0. The lowest BCUT2D eigenvalue weighted by molar-refractivity contribution is -0.147. The first-order valence-electron chi connectivity index (χ1n) is 7.74. The van der Waals surface area contributed by atoms with E-state index in [9.17, 15) is 19.5 Å². The Morgan fingerprint density at radius 1 is 1.44 bits per heavy atom. The lowest BCUT2D eigenvalue weighted by Gasteiger charge is -2.17. The molecule has 9 heteroatoms. The van der Waals surface area contributed by atoms with Crippen LogP contribution >= 0.6 is 0 Å². The second-order valence-electron chi connectivity index (χ2n) is 5.43. The molecular formula is C16H20N4O5. The van der Waals surface area contributed by atoms with Gasteiger partial charge in [0, 0.05) is 30.1 Å². The number of hydrogen-bond donors (Lipinski definition) is 3. The summed E-state index contributed by atoms with van der Waals surface area (Å²) in [5.74, 6) is -1.25. The highest BCUT2D eigenvalue weighted by atomic mass is 16.5. The van der Waals surface area contributed by atoms with E-state index in [0.29, 0.717) is 11.4 Å². The molecule has 0 saturated heterocycles. The molecule has 3 N–H and O–H groups in total. The van der Waals surface area contributed by atoms with Gasteiger partial charge in [0.2, 0.25) is 5.91 Å². The van der Waals surface area contributed by atoms with Crippen LogP contribution in [0.2, 0.25) is 0 Å². The highest BCUT2D eigenvalue weighted by molar-refractivity contribution is 5.84. The average Bonchev–Trinajstić information content (AvgIpc) is 3.03. The Balaban J connectivity index is 2.11. The number of ether oxygens (including phenoxy) is 1. The number of aryl methyl sites for hydroxylation is 1. The quantitative estimate of drug-likeness (QED) is 0.599. The van der Waals surface area contributed by atoms with Crippen molar-refractivity contribution in [3.8, 4) is 5.75 Å². The smallest absolute Gasteiger partial charge is 0.329 e. The second-order valence-corrected chi connectivity index (χ2v) is 5.43. The largest absolute Gasteiger partial charge is 0.508 e. The molecule has 0 fully saturated rings. The fourth-order valence-electron chi connectivity index (χ4n) is 2.35. The highest BCUT2D eigenvalue weighted by Gasteiger charge is 2.23. The molecule has 0 bridgehead atoms. The zero-order chi connectivity index (χ0) is 18.4. The highest BCUT2D eigenvalue weighted by Crippen LogP contribution is 2.07. The van der Waals surface area contributed by atoms with Gasteiger partial charge in [-0.3, -0.25) is 9.59 Å². The van der Waals surface area contributed by atoms with Crippen molar-refractivity contribution in [3.05, 3.63) is 46.4 Å². The van der Waals surface area contributed by atoms with E-state index >= 15 is 0 Å². The molecule has 0 aromatic carbocycles. The molecule has 25 heavy (non-hydrogen) atoms. The van der Waals surface area contributed by atoms with Gasteiger partial charge in [0.05, 0.1) is 12.9 Å². The third-order valence-electron chi connectivity index (χ3n) is 3.51. The number of aromatic nitrogens is 3. The number of carbonyl (C=O) groups is 2. The SMILES string of the molecule is CCOC(=O)[C@H](Cc1cnc[nH]1)NC(=O)Cn1c(C)cc(O)cc1=O. The van der Waals surface area contributed by atoms with Gasteiger partial charge in [0.25, 0.3) is 5.56 Å². The molecule has 2 aromatic heterocycles. The van der Waals surface area contributed by atoms with Crippen molar-refractivity contribution in [1.82, 2.24) is 19.9 Å². The van der Waals surface area contributed by atoms with Crippen LogP contribution in [-0.4, -0.2) is 44.2 Å². The minimum absolute atomic E-state index is 0.164. The first-order valence-corrected chi connectivity index (χ1v) is 7.74. The standard InChI is InChI=1S/C16H20N4O5/c1-3-25-16(24)13(5-11-7-17-9-18-11)19-14(22)8-20-10(2)4-12(21)6-15(20)23/h4,6-7,9,13,21H,3,5,8H2,1-2H3,(H,17,18)(H,19,22)/t13-/m0/s1. The maximum absolute atomic E-state index is 12.3. The van der Waals surface area contributed by atoms with E-state index in [4.69, 9.17) is 4.74 Å². The lowest BCUT2D eigenvalue weighted by Crippen LogP contribution is -2.45.